The number of imidazole rings is 1. The Balaban J connectivity index is 2.71. The molecule has 1 heterocycles. The van der Waals surface area contributed by atoms with Crippen molar-refractivity contribution in [1.82, 2.24) is 9.97 Å². The topological polar surface area (TPSA) is 98.1 Å². The van der Waals surface area contributed by atoms with Crippen molar-refractivity contribution in [2.75, 3.05) is 6.61 Å². The maximum absolute atomic E-state index is 11.0. The summed E-state index contributed by atoms with van der Waals surface area (Å²) in [4.78, 5) is 27.6. The third-order valence-corrected chi connectivity index (χ3v) is 1.88. The van der Waals surface area contributed by atoms with Crippen molar-refractivity contribution >= 4 is 17.9 Å². The Morgan fingerprint density at radius 1 is 1.65 bits per heavy atom. The second kappa shape index (κ2) is 5.78. The van der Waals surface area contributed by atoms with Crippen LogP contribution in [-0.4, -0.2) is 27.5 Å². The lowest BCUT2D eigenvalue weighted by molar-refractivity contribution is -0.389. The number of ether oxygens (including phenoxy) is 1. The number of rotatable bonds is 5. The van der Waals surface area contributed by atoms with Gasteiger partial charge in [0.1, 0.15) is 0 Å². The molecule has 0 bridgehead atoms. The Morgan fingerprint density at radius 3 is 2.94 bits per heavy atom. The summed E-state index contributed by atoms with van der Waals surface area (Å²) in [5.41, 5.74) is 0.205. The minimum absolute atomic E-state index is 0.0664. The molecule has 92 valence electrons. The summed E-state index contributed by atoms with van der Waals surface area (Å²) in [7, 11) is 0. The van der Waals surface area contributed by atoms with Crippen LogP contribution < -0.4 is 0 Å². The highest BCUT2D eigenvalue weighted by atomic mass is 16.6. The van der Waals surface area contributed by atoms with Gasteiger partial charge in [-0.05, 0) is 17.9 Å². The fourth-order valence-electron chi connectivity index (χ4n) is 1.24. The average Bonchev–Trinajstić information content (AvgIpc) is 2.60. The molecular formula is C10H13N3O4. The summed E-state index contributed by atoms with van der Waals surface area (Å²) in [6.45, 7) is 3.65. The van der Waals surface area contributed by atoms with E-state index in [1.165, 1.54) is 12.2 Å². The lowest BCUT2D eigenvalue weighted by Gasteiger charge is -1.96. The van der Waals surface area contributed by atoms with Crippen LogP contribution in [0.1, 0.15) is 24.9 Å². The molecule has 7 heteroatoms. The van der Waals surface area contributed by atoms with Crippen molar-refractivity contribution in [3.05, 3.63) is 27.7 Å². The molecule has 0 spiro atoms. The first-order chi connectivity index (χ1) is 8.04. The lowest BCUT2D eigenvalue weighted by atomic mass is 10.3. The zero-order valence-corrected chi connectivity index (χ0v) is 9.60. The number of H-pyrrole nitrogens is 1. The van der Waals surface area contributed by atoms with E-state index in [1.807, 2.05) is 0 Å². The second-order valence-corrected chi connectivity index (χ2v) is 3.22. The van der Waals surface area contributed by atoms with Gasteiger partial charge >= 0.3 is 11.8 Å². The standard InChI is InChI=1S/C10H13N3O4/c1-3-17-9(14)6-4-5-8-10(13(15)16)12-7(2)11-8/h4-5H,3,6H2,1-2H3,(H,11,12). The predicted molar refractivity (Wildman–Crippen MR) is 60.3 cm³/mol. The molecule has 0 aliphatic rings. The monoisotopic (exact) mass is 239 g/mol. The smallest absolute Gasteiger partial charge is 0.348 e. The number of hydrogen-bond acceptors (Lipinski definition) is 5. The molecule has 0 atom stereocenters. The highest BCUT2D eigenvalue weighted by Gasteiger charge is 2.15. The van der Waals surface area contributed by atoms with Gasteiger partial charge in [0.05, 0.1) is 13.0 Å². The normalized spacial score (nSPS) is 10.7. The summed E-state index contributed by atoms with van der Waals surface area (Å²) in [5.74, 6) is -0.103. The van der Waals surface area contributed by atoms with E-state index in [-0.39, 0.29) is 23.9 Å². The molecule has 1 N–H and O–H groups in total. The third kappa shape index (κ3) is 3.71. The molecule has 0 unspecified atom stereocenters. The molecular weight excluding hydrogens is 226 g/mol. The Labute approximate surface area is 97.7 Å². The maximum atomic E-state index is 11.0. The van der Waals surface area contributed by atoms with Crippen LogP contribution in [0.5, 0.6) is 0 Å². The lowest BCUT2D eigenvalue weighted by Crippen LogP contribution is -2.01. The Hall–Kier alpha value is -2.18. The summed E-state index contributed by atoms with van der Waals surface area (Å²) in [6, 6.07) is 0. The molecule has 0 aliphatic carbocycles. The molecule has 7 nitrogen and oxygen atoms in total. The van der Waals surface area contributed by atoms with E-state index >= 15 is 0 Å². The quantitative estimate of drug-likeness (QED) is 0.478. The molecule has 0 saturated heterocycles. The molecule has 0 amide bonds. The number of nitro groups is 1. The largest absolute Gasteiger partial charge is 0.466 e. The van der Waals surface area contributed by atoms with Gasteiger partial charge in [0, 0.05) is 6.92 Å². The highest BCUT2D eigenvalue weighted by molar-refractivity contribution is 5.72. The Morgan fingerprint density at radius 2 is 2.35 bits per heavy atom. The molecule has 1 aromatic heterocycles. The molecule has 0 aromatic carbocycles. The van der Waals surface area contributed by atoms with Crippen molar-refractivity contribution in [1.29, 1.82) is 0 Å². The van der Waals surface area contributed by atoms with E-state index < -0.39 is 4.92 Å². The number of nitrogens with one attached hydrogen (secondary N) is 1. The van der Waals surface area contributed by atoms with E-state index in [0.717, 1.165) is 0 Å². The van der Waals surface area contributed by atoms with E-state index in [0.29, 0.717) is 12.4 Å². The molecule has 1 aromatic rings. The van der Waals surface area contributed by atoms with E-state index in [9.17, 15) is 14.9 Å². The SMILES string of the molecule is CCOC(=O)CC=Cc1nc(C)[nH]c1[N+](=O)[O-]. The average molecular weight is 239 g/mol. The van der Waals surface area contributed by atoms with Crippen molar-refractivity contribution in [2.45, 2.75) is 20.3 Å². The van der Waals surface area contributed by atoms with Gasteiger partial charge in [-0.15, -0.1) is 0 Å². The highest BCUT2D eigenvalue weighted by Crippen LogP contribution is 2.16. The van der Waals surface area contributed by atoms with Crippen LogP contribution in [0.3, 0.4) is 0 Å². The fraction of sp³-hybridized carbons (Fsp3) is 0.400. The number of carbonyl (C=O) groups excluding carboxylic acids is 1. The van der Waals surface area contributed by atoms with Crippen LogP contribution in [0, 0.1) is 17.0 Å². The van der Waals surface area contributed by atoms with Crippen molar-refractivity contribution in [3.63, 3.8) is 0 Å². The number of aromatic amines is 1. The first-order valence-electron chi connectivity index (χ1n) is 5.07. The van der Waals surface area contributed by atoms with Crippen LogP contribution in [0.25, 0.3) is 6.08 Å². The number of hydrogen-bond donors (Lipinski definition) is 1. The number of carbonyl (C=O) groups is 1. The van der Waals surface area contributed by atoms with Gasteiger partial charge in [-0.25, -0.2) is 9.97 Å². The number of aryl methyl sites for hydroxylation is 1. The Bertz CT molecular complexity index is 450. The first-order valence-corrected chi connectivity index (χ1v) is 5.07. The van der Waals surface area contributed by atoms with Crippen molar-refractivity contribution < 1.29 is 14.5 Å². The summed E-state index contributed by atoms with van der Waals surface area (Å²) in [6.07, 6.45) is 2.98. The zero-order valence-electron chi connectivity index (χ0n) is 9.60. The number of aromatic nitrogens is 2. The van der Waals surface area contributed by atoms with Gasteiger partial charge in [0.2, 0.25) is 0 Å². The van der Waals surface area contributed by atoms with Gasteiger partial charge in [0.15, 0.2) is 11.5 Å². The minimum atomic E-state index is -0.552. The zero-order chi connectivity index (χ0) is 12.8. The van der Waals surface area contributed by atoms with E-state index in [2.05, 4.69) is 9.97 Å². The third-order valence-electron chi connectivity index (χ3n) is 1.88. The van der Waals surface area contributed by atoms with Gasteiger partial charge in [-0.2, -0.15) is 0 Å². The summed E-state index contributed by atoms with van der Waals surface area (Å²) < 4.78 is 4.71. The molecule has 0 aliphatic heterocycles. The van der Waals surface area contributed by atoms with Gasteiger partial charge in [-0.1, -0.05) is 6.08 Å². The molecule has 0 fully saturated rings. The summed E-state index contributed by atoms with van der Waals surface area (Å²) >= 11 is 0. The molecule has 0 radical (unpaired) electrons. The van der Waals surface area contributed by atoms with Crippen LogP contribution in [0.15, 0.2) is 6.08 Å². The predicted octanol–water partition coefficient (Wildman–Crippen LogP) is 1.59. The second-order valence-electron chi connectivity index (χ2n) is 3.22. The van der Waals surface area contributed by atoms with Crippen LogP contribution >= 0.6 is 0 Å². The fourth-order valence-corrected chi connectivity index (χ4v) is 1.24. The van der Waals surface area contributed by atoms with Gasteiger partial charge in [0.25, 0.3) is 0 Å². The summed E-state index contributed by atoms with van der Waals surface area (Å²) in [5, 5.41) is 10.6. The maximum Gasteiger partial charge on any atom is 0.348 e. The van der Waals surface area contributed by atoms with Crippen LogP contribution in [0.4, 0.5) is 5.82 Å². The molecule has 17 heavy (non-hydrogen) atoms. The van der Waals surface area contributed by atoms with Gasteiger partial charge in [-0.3, -0.25) is 4.79 Å². The van der Waals surface area contributed by atoms with Crippen molar-refractivity contribution in [3.8, 4) is 0 Å². The minimum Gasteiger partial charge on any atom is -0.466 e. The first kappa shape index (κ1) is 12.9. The van der Waals surface area contributed by atoms with Crippen LogP contribution in [-0.2, 0) is 9.53 Å². The van der Waals surface area contributed by atoms with Gasteiger partial charge < -0.3 is 14.9 Å². The van der Waals surface area contributed by atoms with E-state index in [1.54, 1.807) is 13.8 Å². The van der Waals surface area contributed by atoms with E-state index in [4.69, 9.17) is 4.74 Å². The molecule has 0 saturated carbocycles. The Kier molecular flexibility index (Phi) is 4.38. The number of esters is 1. The molecule has 1 rings (SSSR count). The number of nitrogens with zero attached hydrogens (tertiary/aromatic N) is 2. The van der Waals surface area contributed by atoms with Crippen LogP contribution in [0.2, 0.25) is 0 Å². The van der Waals surface area contributed by atoms with Crippen molar-refractivity contribution in [2.24, 2.45) is 0 Å².